The van der Waals surface area contributed by atoms with Crippen LogP contribution in [0.1, 0.15) is 0 Å². The number of benzene rings is 3. The van der Waals surface area contributed by atoms with E-state index in [1.165, 1.54) is 23.7 Å². The van der Waals surface area contributed by atoms with E-state index in [4.69, 9.17) is 11.6 Å². The zero-order chi connectivity index (χ0) is 24.0. The number of hydrogen-bond donors (Lipinski definition) is 1. The van der Waals surface area contributed by atoms with E-state index >= 15 is 4.39 Å². The van der Waals surface area contributed by atoms with Gasteiger partial charge in [-0.05, 0) is 52.1 Å². The summed E-state index contributed by atoms with van der Waals surface area (Å²) in [6.45, 7) is 9.01. The number of halogens is 2. The van der Waals surface area contributed by atoms with Crippen LogP contribution < -0.4 is 4.90 Å². The highest BCUT2D eigenvalue weighted by Crippen LogP contribution is 2.44. The van der Waals surface area contributed by atoms with E-state index in [9.17, 15) is 9.90 Å². The number of carbonyl (C=O) groups excluding carboxylic acids is 1. The molecule has 0 aliphatic carbocycles. The normalized spacial score (nSPS) is 16.2. The number of rotatable bonds is 4. The molecule has 3 aromatic carbocycles. The summed E-state index contributed by atoms with van der Waals surface area (Å²) in [5.41, 5.74) is 0.952. The summed E-state index contributed by atoms with van der Waals surface area (Å²) in [6.07, 6.45) is 3.03. The van der Waals surface area contributed by atoms with Crippen LogP contribution in [0.3, 0.4) is 0 Å². The molecule has 1 saturated heterocycles. The lowest BCUT2D eigenvalue weighted by Crippen LogP contribution is -2.54. The Morgan fingerprint density at radius 3 is 2.76 bits per heavy atom. The number of piperazine rings is 1. The van der Waals surface area contributed by atoms with E-state index < -0.39 is 5.82 Å². The van der Waals surface area contributed by atoms with Crippen LogP contribution in [-0.2, 0) is 4.79 Å². The smallest absolute Gasteiger partial charge is 0.246 e. The van der Waals surface area contributed by atoms with Crippen molar-refractivity contribution in [1.29, 1.82) is 0 Å². The highest BCUT2D eigenvalue weighted by atomic mass is 35.5. The molecule has 1 aliphatic rings. The Balaban J connectivity index is 1.60. The molecule has 1 unspecified atom stereocenters. The number of anilines is 1. The van der Waals surface area contributed by atoms with Crippen LogP contribution in [0.2, 0.25) is 5.02 Å². The predicted octanol–water partition coefficient (Wildman–Crippen LogP) is 6.00. The summed E-state index contributed by atoms with van der Waals surface area (Å²) in [4.78, 5) is 16.0. The summed E-state index contributed by atoms with van der Waals surface area (Å²) in [6, 6.07) is 12.1. The van der Waals surface area contributed by atoms with Crippen molar-refractivity contribution in [2.75, 3.05) is 24.5 Å². The first-order chi connectivity index (χ1) is 16.4. The molecule has 0 radical (unpaired) electrons. The van der Waals surface area contributed by atoms with E-state index in [0.717, 1.165) is 15.8 Å². The van der Waals surface area contributed by atoms with E-state index in [1.807, 2.05) is 24.3 Å². The van der Waals surface area contributed by atoms with Crippen molar-refractivity contribution in [2.45, 2.75) is 6.04 Å². The van der Waals surface area contributed by atoms with Crippen LogP contribution in [0.5, 0.6) is 5.75 Å². The molecule has 1 aliphatic heterocycles. The van der Waals surface area contributed by atoms with E-state index in [2.05, 4.69) is 22.4 Å². The summed E-state index contributed by atoms with van der Waals surface area (Å²) < 4.78 is 20.3. The SMILES string of the molecule is C=CC(=O)N1CCN(c2snc3c(F)c(-c4cc(O)cc5ccccc45)c(Cl)cc23)CC1C=C. The lowest BCUT2D eigenvalue weighted by molar-refractivity contribution is -0.127. The molecule has 0 spiro atoms. The van der Waals surface area contributed by atoms with Gasteiger partial charge < -0.3 is 14.9 Å². The largest absolute Gasteiger partial charge is 0.508 e. The van der Waals surface area contributed by atoms with Gasteiger partial charge in [-0.15, -0.1) is 6.58 Å². The van der Waals surface area contributed by atoms with E-state index in [-0.39, 0.29) is 33.8 Å². The topological polar surface area (TPSA) is 56.7 Å². The minimum Gasteiger partial charge on any atom is -0.508 e. The Bertz CT molecular complexity index is 1470. The van der Waals surface area contributed by atoms with Crippen molar-refractivity contribution in [2.24, 2.45) is 0 Å². The van der Waals surface area contributed by atoms with Gasteiger partial charge >= 0.3 is 0 Å². The first kappa shape index (κ1) is 22.4. The zero-order valence-corrected chi connectivity index (χ0v) is 19.7. The Labute approximate surface area is 205 Å². The second kappa shape index (κ2) is 8.74. The van der Waals surface area contributed by atoms with Crippen molar-refractivity contribution >= 4 is 55.7 Å². The summed E-state index contributed by atoms with van der Waals surface area (Å²) in [5, 5.41) is 13.5. The maximum Gasteiger partial charge on any atom is 0.246 e. The summed E-state index contributed by atoms with van der Waals surface area (Å²) in [5.74, 6) is -0.636. The lowest BCUT2D eigenvalue weighted by Gasteiger charge is -2.40. The number of fused-ring (bicyclic) bond motifs is 2. The number of carbonyl (C=O) groups is 1. The van der Waals surface area contributed by atoms with E-state index in [0.29, 0.717) is 30.6 Å². The number of phenols is 1. The minimum absolute atomic E-state index is 0.0330. The van der Waals surface area contributed by atoms with Crippen LogP contribution in [0.25, 0.3) is 32.8 Å². The first-order valence-electron chi connectivity index (χ1n) is 10.7. The molecule has 34 heavy (non-hydrogen) atoms. The molecule has 0 bridgehead atoms. The summed E-state index contributed by atoms with van der Waals surface area (Å²) >= 11 is 7.86. The molecule has 172 valence electrons. The van der Waals surface area contributed by atoms with Gasteiger partial charge in [0, 0.05) is 30.6 Å². The summed E-state index contributed by atoms with van der Waals surface area (Å²) in [7, 11) is 0. The van der Waals surface area contributed by atoms with Crippen LogP contribution in [0.4, 0.5) is 9.39 Å². The van der Waals surface area contributed by atoms with Crippen LogP contribution in [-0.4, -0.2) is 46.0 Å². The number of hydrogen-bond acceptors (Lipinski definition) is 5. The first-order valence-corrected chi connectivity index (χ1v) is 11.9. The molecule has 1 amide bonds. The maximum absolute atomic E-state index is 15.9. The van der Waals surface area contributed by atoms with Gasteiger partial charge in [-0.2, -0.15) is 4.37 Å². The molecule has 1 N–H and O–H groups in total. The molecule has 2 heterocycles. The maximum atomic E-state index is 15.9. The van der Waals surface area contributed by atoms with Gasteiger partial charge in [-0.1, -0.05) is 48.5 Å². The molecule has 0 saturated carbocycles. The van der Waals surface area contributed by atoms with Gasteiger partial charge in [0.05, 0.1) is 11.1 Å². The Hall–Kier alpha value is -3.42. The molecular formula is C26H21ClFN3O2S. The highest BCUT2D eigenvalue weighted by molar-refractivity contribution is 7.11. The van der Waals surface area contributed by atoms with Gasteiger partial charge in [0.1, 0.15) is 16.3 Å². The molecule has 5 rings (SSSR count). The second-order valence-electron chi connectivity index (χ2n) is 8.13. The van der Waals surface area contributed by atoms with Gasteiger partial charge in [-0.3, -0.25) is 4.79 Å². The third-order valence-electron chi connectivity index (χ3n) is 6.20. The van der Waals surface area contributed by atoms with Crippen molar-refractivity contribution in [3.8, 4) is 16.9 Å². The fraction of sp³-hybridized carbons (Fsp3) is 0.154. The van der Waals surface area contributed by atoms with Crippen molar-refractivity contribution < 1.29 is 14.3 Å². The standard InChI is InChI=1S/C26H21ClFN3O2S/c1-3-16-14-30(9-10-31(16)22(33)4-2)26-20-13-21(27)23(24(28)25(20)29-34-26)19-12-17(32)11-15-7-5-6-8-18(15)19/h3-8,11-13,16,32H,1-2,9-10,14H2. The zero-order valence-electron chi connectivity index (χ0n) is 18.2. The van der Waals surface area contributed by atoms with Gasteiger partial charge in [0.2, 0.25) is 5.91 Å². The Morgan fingerprint density at radius 2 is 2.00 bits per heavy atom. The average Bonchev–Trinajstić information content (AvgIpc) is 3.27. The van der Waals surface area contributed by atoms with Crippen LogP contribution >= 0.6 is 23.1 Å². The minimum atomic E-state index is -0.526. The molecule has 4 aromatic rings. The Morgan fingerprint density at radius 1 is 1.21 bits per heavy atom. The third-order valence-corrected chi connectivity index (χ3v) is 7.42. The number of amides is 1. The highest BCUT2D eigenvalue weighted by Gasteiger charge is 2.30. The predicted molar refractivity (Wildman–Crippen MR) is 137 cm³/mol. The quantitative estimate of drug-likeness (QED) is 0.279. The number of nitrogens with zero attached hydrogens (tertiary/aromatic N) is 3. The third kappa shape index (κ3) is 3.61. The fourth-order valence-electron chi connectivity index (χ4n) is 4.56. The molecule has 1 fully saturated rings. The molecule has 1 aromatic heterocycles. The van der Waals surface area contributed by atoms with Crippen molar-refractivity contribution in [3.05, 3.63) is 78.6 Å². The number of aromatic nitrogens is 1. The van der Waals surface area contributed by atoms with Crippen LogP contribution in [0, 0.1) is 5.82 Å². The van der Waals surface area contributed by atoms with Crippen molar-refractivity contribution in [3.63, 3.8) is 0 Å². The Kier molecular flexibility index (Phi) is 5.75. The number of phenolic OH excluding ortho intramolecular Hbond substituents is 1. The van der Waals surface area contributed by atoms with E-state index in [1.54, 1.807) is 23.1 Å². The van der Waals surface area contributed by atoms with Crippen LogP contribution in [0.15, 0.2) is 67.8 Å². The van der Waals surface area contributed by atoms with Gasteiger partial charge in [-0.25, -0.2) is 4.39 Å². The fourth-order valence-corrected chi connectivity index (χ4v) is 5.75. The molecule has 1 atom stereocenters. The lowest BCUT2D eigenvalue weighted by atomic mass is 9.96. The average molecular weight is 494 g/mol. The van der Waals surface area contributed by atoms with Gasteiger partial charge in [0.15, 0.2) is 5.82 Å². The number of aromatic hydroxyl groups is 1. The monoisotopic (exact) mass is 493 g/mol. The second-order valence-corrected chi connectivity index (χ2v) is 9.29. The molecular weight excluding hydrogens is 473 g/mol. The molecule has 8 heteroatoms. The van der Waals surface area contributed by atoms with Gasteiger partial charge in [0.25, 0.3) is 0 Å². The molecule has 5 nitrogen and oxygen atoms in total. The van der Waals surface area contributed by atoms with Crippen molar-refractivity contribution in [1.82, 2.24) is 9.27 Å².